The van der Waals surface area contributed by atoms with Crippen molar-refractivity contribution in [2.24, 2.45) is 5.92 Å². The maximum absolute atomic E-state index is 13.1. The molecule has 1 saturated heterocycles. The van der Waals surface area contributed by atoms with Crippen LogP contribution in [0.1, 0.15) is 48.3 Å². The van der Waals surface area contributed by atoms with Crippen molar-refractivity contribution >= 4 is 11.9 Å². The predicted molar refractivity (Wildman–Crippen MR) is 94.5 cm³/mol. The first kappa shape index (κ1) is 16.8. The van der Waals surface area contributed by atoms with Crippen LogP contribution in [-0.2, 0) is 4.79 Å². The number of aryl methyl sites for hydroxylation is 1. The predicted octanol–water partition coefficient (Wildman–Crippen LogP) is 2.64. The van der Waals surface area contributed by atoms with Crippen LogP contribution in [0.5, 0.6) is 0 Å². The van der Waals surface area contributed by atoms with Crippen molar-refractivity contribution in [1.82, 2.24) is 20.1 Å². The molecule has 7 heteroatoms. The van der Waals surface area contributed by atoms with Crippen molar-refractivity contribution in [3.8, 4) is 11.4 Å². The van der Waals surface area contributed by atoms with Crippen LogP contribution in [0, 0.1) is 12.8 Å². The van der Waals surface area contributed by atoms with Gasteiger partial charge in [-0.05, 0) is 44.2 Å². The Morgan fingerprint density at radius 1 is 1.19 bits per heavy atom. The number of hydrogen-bond acceptors (Lipinski definition) is 4. The van der Waals surface area contributed by atoms with Crippen molar-refractivity contribution in [2.75, 3.05) is 0 Å². The van der Waals surface area contributed by atoms with E-state index in [0.717, 1.165) is 37.1 Å². The van der Waals surface area contributed by atoms with E-state index in [1.807, 2.05) is 6.92 Å². The highest BCUT2D eigenvalue weighted by Gasteiger charge is 2.47. The summed E-state index contributed by atoms with van der Waals surface area (Å²) in [5.74, 6) is 0.526. The van der Waals surface area contributed by atoms with Gasteiger partial charge in [0, 0.05) is 17.2 Å². The zero-order valence-electron chi connectivity index (χ0n) is 14.7. The number of nitrogens with one attached hydrogen (secondary N) is 1. The summed E-state index contributed by atoms with van der Waals surface area (Å²) in [6.45, 7) is 1.83. The lowest BCUT2D eigenvalue weighted by molar-refractivity contribution is -0.141. The molecule has 1 aliphatic carbocycles. The Labute approximate surface area is 151 Å². The topological polar surface area (TPSA) is 99.2 Å². The molecule has 0 radical (unpaired) electrons. The third-order valence-electron chi connectivity index (χ3n) is 5.59. The Bertz CT molecular complexity index is 830. The second kappa shape index (κ2) is 6.55. The number of carboxylic acids is 1. The van der Waals surface area contributed by atoms with Gasteiger partial charge in [-0.1, -0.05) is 25.0 Å². The van der Waals surface area contributed by atoms with Gasteiger partial charge in [0.05, 0.1) is 0 Å². The fourth-order valence-corrected chi connectivity index (χ4v) is 4.36. The molecule has 2 N–H and O–H groups in total. The summed E-state index contributed by atoms with van der Waals surface area (Å²) in [5.41, 5.74) is 1.33. The van der Waals surface area contributed by atoms with Gasteiger partial charge in [-0.2, -0.15) is 5.10 Å². The summed E-state index contributed by atoms with van der Waals surface area (Å²) in [7, 11) is 0. The highest BCUT2D eigenvalue weighted by Crippen LogP contribution is 2.40. The molecule has 3 atom stereocenters. The molecule has 0 spiro atoms. The molecule has 4 rings (SSSR count). The Balaban J connectivity index is 1.60. The minimum absolute atomic E-state index is 0.0488. The SMILES string of the molecule is Cc1nc(-c2ccc(C(=O)N3[C@H](C(=O)O)C[C@H]4CCCC[C@@H]43)cc2)n[nH]1. The molecule has 2 heterocycles. The third-order valence-corrected chi connectivity index (χ3v) is 5.59. The second-order valence-corrected chi connectivity index (χ2v) is 7.24. The number of benzene rings is 1. The van der Waals surface area contributed by atoms with Crippen molar-refractivity contribution < 1.29 is 14.7 Å². The van der Waals surface area contributed by atoms with E-state index in [9.17, 15) is 14.7 Å². The normalized spacial score (nSPS) is 25.1. The fraction of sp³-hybridized carbons (Fsp3) is 0.474. The van der Waals surface area contributed by atoms with Gasteiger partial charge in [-0.15, -0.1) is 0 Å². The Hall–Kier alpha value is -2.70. The number of likely N-dealkylation sites (tertiary alicyclic amines) is 1. The maximum Gasteiger partial charge on any atom is 0.326 e. The van der Waals surface area contributed by atoms with Crippen LogP contribution in [0.4, 0.5) is 0 Å². The molecular formula is C19H22N4O3. The zero-order valence-corrected chi connectivity index (χ0v) is 14.7. The van der Waals surface area contributed by atoms with E-state index < -0.39 is 12.0 Å². The number of carboxylic acid groups (broad SMARTS) is 1. The molecule has 26 heavy (non-hydrogen) atoms. The summed E-state index contributed by atoms with van der Waals surface area (Å²) in [4.78, 5) is 30.7. The van der Waals surface area contributed by atoms with Gasteiger partial charge < -0.3 is 10.0 Å². The fourth-order valence-electron chi connectivity index (χ4n) is 4.36. The summed E-state index contributed by atoms with van der Waals surface area (Å²) >= 11 is 0. The smallest absolute Gasteiger partial charge is 0.326 e. The third kappa shape index (κ3) is 2.87. The summed E-state index contributed by atoms with van der Waals surface area (Å²) in [6, 6.07) is 6.41. The molecular weight excluding hydrogens is 332 g/mol. The van der Waals surface area contributed by atoms with E-state index in [1.54, 1.807) is 29.2 Å². The van der Waals surface area contributed by atoms with Gasteiger partial charge in [0.1, 0.15) is 11.9 Å². The van der Waals surface area contributed by atoms with Crippen LogP contribution >= 0.6 is 0 Å². The first-order chi connectivity index (χ1) is 12.5. The van der Waals surface area contributed by atoms with Crippen molar-refractivity contribution in [1.29, 1.82) is 0 Å². The van der Waals surface area contributed by atoms with Crippen LogP contribution in [0.25, 0.3) is 11.4 Å². The number of aliphatic carboxylic acids is 1. The minimum atomic E-state index is -0.902. The number of aromatic nitrogens is 3. The van der Waals surface area contributed by atoms with E-state index in [2.05, 4.69) is 15.2 Å². The molecule has 1 amide bonds. The number of amides is 1. The number of hydrogen-bond donors (Lipinski definition) is 2. The number of rotatable bonds is 3. The number of nitrogens with zero attached hydrogens (tertiary/aromatic N) is 3. The van der Waals surface area contributed by atoms with E-state index in [-0.39, 0.29) is 11.9 Å². The average Bonchev–Trinajstić information content (AvgIpc) is 3.25. The lowest BCUT2D eigenvalue weighted by Crippen LogP contribution is -2.46. The number of H-pyrrole nitrogens is 1. The van der Waals surface area contributed by atoms with Gasteiger partial charge in [0.25, 0.3) is 5.91 Å². The number of aromatic amines is 1. The standard InChI is InChI=1S/C19H22N4O3/c1-11-20-17(22-21-11)12-6-8-13(9-7-12)18(24)23-15-5-3-2-4-14(15)10-16(23)19(25)26/h6-9,14-16H,2-5,10H2,1H3,(H,25,26)(H,20,21,22)/t14-,15+,16+/m1/s1. The molecule has 1 saturated carbocycles. The molecule has 0 unspecified atom stereocenters. The first-order valence-electron chi connectivity index (χ1n) is 9.09. The Kier molecular flexibility index (Phi) is 4.22. The van der Waals surface area contributed by atoms with E-state index in [0.29, 0.717) is 23.7 Å². The molecule has 1 aromatic heterocycles. The van der Waals surface area contributed by atoms with Gasteiger partial charge in [-0.25, -0.2) is 9.78 Å². The van der Waals surface area contributed by atoms with Gasteiger partial charge in [0.2, 0.25) is 0 Å². The maximum atomic E-state index is 13.1. The number of carbonyl (C=O) groups excluding carboxylic acids is 1. The van der Waals surface area contributed by atoms with E-state index >= 15 is 0 Å². The molecule has 1 aliphatic heterocycles. The van der Waals surface area contributed by atoms with Gasteiger partial charge in [0.15, 0.2) is 5.82 Å². The van der Waals surface area contributed by atoms with E-state index in [1.165, 1.54) is 0 Å². The van der Waals surface area contributed by atoms with E-state index in [4.69, 9.17) is 0 Å². The summed E-state index contributed by atoms with van der Waals surface area (Å²) in [6.07, 6.45) is 4.66. The largest absolute Gasteiger partial charge is 0.480 e. The van der Waals surface area contributed by atoms with Crippen molar-refractivity contribution in [2.45, 2.75) is 51.1 Å². The van der Waals surface area contributed by atoms with Gasteiger partial charge in [-0.3, -0.25) is 9.89 Å². The first-order valence-corrected chi connectivity index (χ1v) is 9.09. The van der Waals surface area contributed by atoms with Crippen LogP contribution in [0.3, 0.4) is 0 Å². The summed E-state index contributed by atoms with van der Waals surface area (Å²) in [5, 5.41) is 16.5. The number of fused-ring (bicyclic) bond motifs is 1. The molecule has 2 aromatic rings. The average molecular weight is 354 g/mol. The molecule has 2 fully saturated rings. The highest BCUT2D eigenvalue weighted by molar-refractivity contribution is 5.97. The quantitative estimate of drug-likeness (QED) is 0.883. The van der Waals surface area contributed by atoms with Crippen LogP contribution in [-0.4, -0.2) is 49.1 Å². The second-order valence-electron chi connectivity index (χ2n) is 7.24. The molecule has 136 valence electrons. The lowest BCUT2D eigenvalue weighted by atomic mass is 9.84. The van der Waals surface area contributed by atoms with Crippen LogP contribution in [0.15, 0.2) is 24.3 Å². The monoisotopic (exact) mass is 354 g/mol. The molecule has 7 nitrogen and oxygen atoms in total. The molecule has 0 bridgehead atoms. The molecule has 1 aromatic carbocycles. The highest BCUT2D eigenvalue weighted by atomic mass is 16.4. The van der Waals surface area contributed by atoms with Gasteiger partial charge >= 0.3 is 5.97 Å². The summed E-state index contributed by atoms with van der Waals surface area (Å²) < 4.78 is 0. The Morgan fingerprint density at radius 2 is 1.92 bits per heavy atom. The molecule has 2 aliphatic rings. The zero-order chi connectivity index (χ0) is 18.3. The van der Waals surface area contributed by atoms with Crippen molar-refractivity contribution in [3.63, 3.8) is 0 Å². The van der Waals surface area contributed by atoms with Crippen LogP contribution in [0.2, 0.25) is 0 Å². The number of carbonyl (C=O) groups is 2. The minimum Gasteiger partial charge on any atom is -0.480 e. The Morgan fingerprint density at radius 3 is 2.58 bits per heavy atom. The van der Waals surface area contributed by atoms with Crippen molar-refractivity contribution in [3.05, 3.63) is 35.7 Å². The lowest BCUT2D eigenvalue weighted by Gasteiger charge is -2.33. The van der Waals surface area contributed by atoms with Crippen LogP contribution < -0.4 is 0 Å².